The minimum atomic E-state index is -1.43. The van der Waals surface area contributed by atoms with Crippen LogP contribution in [0.5, 0.6) is 0 Å². The standard InChI is InChI=1S/C19H15NO3/c1-20-17(21)15-14-10-6-2-4-8-12(10)19(23,16(15)18(20)22)13-9-5-3-7-11(13)14/h2-9,14-16,23H,1H3/t14?,15-,16-,19?/m0/s1. The van der Waals surface area contributed by atoms with Gasteiger partial charge in [0.2, 0.25) is 11.8 Å². The average Bonchev–Trinajstić information content (AvgIpc) is 2.81. The smallest absolute Gasteiger partial charge is 0.236 e. The van der Waals surface area contributed by atoms with Gasteiger partial charge < -0.3 is 5.11 Å². The number of hydrogen-bond donors (Lipinski definition) is 1. The molecule has 23 heavy (non-hydrogen) atoms. The fourth-order valence-electron chi connectivity index (χ4n) is 4.88. The Morgan fingerprint density at radius 2 is 1.43 bits per heavy atom. The predicted octanol–water partition coefficient (Wildman–Crippen LogP) is 1.61. The molecule has 0 radical (unpaired) electrons. The van der Waals surface area contributed by atoms with Gasteiger partial charge >= 0.3 is 0 Å². The molecule has 1 aliphatic heterocycles. The van der Waals surface area contributed by atoms with Gasteiger partial charge in [-0.3, -0.25) is 14.5 Å². The summed E-state index contributed by atoms with van der Waals surface area (Å²) in [5.74, 6) is -1.87. The van der Waals surface area contributed by atoms with E-state index >= 15 is 0 Å². The van der Waals surface area contributed by atoms with E-state index < -0.39 is 17.4 Å². The highest BCUT2D eigenvalue weighted by Gasteiger charge is 2.67. The molecule has 0 unspecified atom stereocenters. The molecule has 114 valence electrons. The SMILES string of the molecule is CN1C(=O)[C@@H]2[C@@H](C1=O)C1c3ccccc3C2(O)c2ccccc21. The molecule has 3 aliphatic carbocycles. The van der Waals surface area contributed by atoms with Crippen molar-refractivity contribution < 1.29 is 14.7 Å². The van der Waals surface area contributed by atoms with E-state index in [4.69, 9.17) is 0 Å². The number of imide groups is 1. The van der Waals surface area contributed by atoms with E-state index in [1.165, 1.54) is 11.9 Å². The summed E-state index contributed by atoms with van der Waals surface area (Å²) in [4.78, 5) is 26.6. The molecule has 0 spiro atoms. The summed E-state index contributed by atoms with van der Waals surface area (Å²) in [6, 6.07) is 15.3. The molecule has 4 nitrogen and oxygen atoms in total. The van der Waals surface area contributed by atoms with Crippen LogP contribution in [0.3, 0.4) is 0 Å². The maximum atomic E-state index is 12.7. The molecule has 1 heterocycles. The number of hydrogen-bond acceptors (Lipinski definition) is 3. The van der Waals surface area contributed by atoms with E-state index in [1.54, 1.807) is 0 Å². The second-order valence-electron chi connectivity index (χ2n) is 6.66. The van der Waals surface area contributed by atoms with Crippen LogP contribution in [-0.4, -0.2) is 28.9 Å². The highest BCUT2D eigenvalue weighted by Crippen LogP contribution is 2.62. The van der Waals surface area contributed by atoms with Crippen molar-refractivity contribution >= 4 is 11.8 Å². The van der Waals surface area contributed by atoms with E-state index in [1.807, 2.05) is 48.5 Å². The van der Waals surface area contributed by atoms with Gasteiger partial charge in [-0.25, -0.2) is 0 Å². The number of aliphatic hydroxyl groups is 1. The van der Waals surface area contributed by atoms with Crippen LogP contribution in [0.4, 0.5) is 0 Å². The Balaban J connectivity index is 1.92. The van der Waals surface area contributed by atoms with E-state index in [9.17, 15) is 14.7 Å². The lowest BCUT2D eigenvalue weighted by Gasteiger charge is -2.51. The Hall–Kier alpha value is -2.46. The van der Waals surface area contributed by atoms with Crippen LogP contribution in [0.1, 0.15) is 28.2 Å². The summed E-state index contributed by atoms with van der Waals surface area (Å²) in [6.07, 6.45) is 0. The zero-order valence-corrected chi connectivity index (χ0v) is 12.6. The van der Waals surface area contributed by atoms with Crippen molar-refractivity contribution in [2.24, 2.45) is 11.8 Å². The van der Waals surface area contributed by atoms with Gasteiger partial charge in [0.15, 0.2) is 0 Å². The van der Waals surface area contributed by atoms with Gasteiger partial charge in [-0.1, -0.05) is 48.5 Å². The lowest BCUT2D eigenvalue weighted by atomic mass is 9.52. The first kappa shape index (κ1) is 13.0. The number of amides is 2. The first-order valence-electron chi connectivity index (χ1n) is 7.79. The molecule has 2 amide bonds. The first-order valence-corrected chi connectivity index (χ1v) is 7.79. The van der Waals surface area contributed by atoms with Crippen LogP contribution >= 0.6 is 0 Å². The van der Waals surface area contributed by atoms with Crippen LogP contribution in [0.2, 0.25) is 0 Å². The molecule has 6 rings (SSSR count). The third-order valence-electron chi connectivity index (χ3n) is 5.79. The number of carbonyl (C=O) groups excluding carboxylic acids is 2. The summed E-state index contributed by atoms with van der Waals surface area (Å²) in [5.41, 5.74) is 2.03. The van der Waals surface area contributed by atoms with Crippen LogP contribution < -0.4 is 0 Å². The topological polar surface area (TPSA) is 57.6 Å². The Morgan fingerprint density at radius 3 is 2.00 bits per heavy atom. The lowest BCUT2D eigenvalue weighted by Crippen LogP contribution is -2.53. The summed E-state index contributed by atoms with van der Waals surface area (Å²) >= 11 is 0. The van der Waals surface area contributed by atoms with Gasteiger partial charge in [0, 0.05) is 13.0 Å². The van der Waals surface area contributed by atoms with Gasteiger partial charge in [-0.15, -0.1) is 0 Å². The highest BCUT2D eigenvalue weighted by molar-refractivity contribution is 6.07. The van der Waals surface area contributed by atoms with Gasteiger partial charge in [-0.05, 0) is 22.3 Å². The number of likely N-dealkylation sites (tertiary alicyclic amines) is 1. The number of rotatable bonds is 0. The molecule has 0 aromatic heterocycles. The Kier molecular flexibility index (Phi) is 2.20. The molecule has 4 heteroatoms. The molecule has 1 N–H and O–H groups in total. The fourth-order valence-corrected chi connectivity index (χ4v) is 4.88. The van der Waals surface area contributed by atoms with Gasteiger partial charge in [0.05, 0.1) is 11.8 Å². The largest absolute Gasteiger partial charge is 0.379 e. The van der Waals surface area contributed by atoms with Crippen LogP contribution in [0.25, 0.3) is 0 Å². The molecular formula is C19H15NO3. The van der Waals surface area contributed by atoms with Gasteiger partial charge in [-0.2, -0.15) is 0 Å². The Morgan fingerprint density at radius 1 is 0.913 bits per heavy atom. The molecular weight excluding hydrogens is 290 g/mol. The number of benzene rings is 2. The van der Waals surface area contributed by atoms with Crippen molar-refractivity contribution in [3.8, 4) is 0 Å². The van der Waals surface area contributed by atoms with Crippen molar-refractivity contribution in [3.05, 3.63) is 70.8 Å². The minimum Gasteiger partial charge on any atom is -0.379 e. The minimum absolute atomic E-state index is 0.164. The average molecular weight is 305 g/mol. The quantitative estimate of drug-likeness (QED) is 0.752. The zero-order chi connectivity index (χ0) is 15.9. The summed E-state index contributed by atoms with van der Waals surface area (Å²) in [6.45, 7) is 0. The molecule has 1 fully saturated rings. The molecule has 4 aliphatic rings. The molecule has 2 atom stereocenters. The number of nitrogens with zero attached hydrogens (tertiary/aromatic N) is 1. The van der Waals surface area contributed by atoms with Crippen LogP contribution in [0, 0.1) is 11.8 Å². The van der Waals surface area contributed by atoms with Crippen molar-refractivity contribution in [1.29, 1.82) is 0 Å². The lowest BCUT2D eigenvalue weighted by molar-refractivity contribution is -0.140. The van der Waals surface area contributed by atoms with Gasteiger partial charge in [0.1, 0.15) is 5.60 Å². The molecule has 2 aromatic carbocycles. The van der Waals surface area contributed by atoms with Crippen molar-refractivity contribution in [3.63, 3.8) is 0 Å². The second kappa shape index (κ2) is 3.89. The van der Waals surface area contributed by atoms with Crippen molar-refractivity contribution in [2.45, 2.75) is 11.5 Å². The molecule has 0 saturated carbocycles. The second-order valence-corrected chi connectivity index (χ2v) is 6.66. The zero-order valence-electron chi connectivity index (χ0n) is 12.6. The summed E-state index contributed by atoms with van der Waals surface area (Å²) in [7, 11) is 1.52. The Labute approximate surface area is 133 Å². The van der Waals surface area contributed by atoms with Crippen LogP contribution in [0.15, 0.2) is 48.5 Å². The van der Waals surface area contributed by atoms with Crippen LogP contribution in [-0.2, 0) is 15.2 Å². The third-order valence-corrected chi connectivity index (χ3v) is 5.79. The molecule has 1 saturated heterocycles. The number of carbonyl (C=O) groups is 2. The maximum absolute atomic E-state index is 12.7. The van der Waals surface area contributed by atoms with Crippen molar-refractivity contribution in [2.75, 3.05) is 7.05 Å². The highest BCUT2D eigenvalue weighted by atomic mass is 16.3. The summed E-state index contributed by atoms with van der Waals surface area (Å²) in [5, 5.41) is 11.7. The maximum Gasteiger partial charge on any atom is 0.236 e. The predicted molar refractivity (Wildman–Crippen MR) is 82.5 cm³/mol. The van der Waals surface area contributed by atoms with E-state index in [0.29, 0.717) is 0 Å². The van der Waals surface area contributed by atoms with Crippen molar-refractivity contribution in [1.82, 2.24) is 4.90 Å². The van der Waals surface area contributed by atoms with Gasteiger partial charge in [0.25, 0.3) is 0 Å². The third kappa shape index (κ3) is 1.24. The molecule has 2 aromatic rings. The van der Waals surface area contributed by atoms with E-state index in [-0.39, 0.29) is 17.7 Å². The monoisotopic (exact) mass is 305 g/mol. The molecule has 2 bridgehead atoms. The fraction of sp³-hybridized carbons (Fsp3) is 0.263. The Bertz CT molecular complexity index is 840. The summed E-state index contributed by atoms with van der Waals surface area (Å²) < 4.78 is 0. The van der Waals surface area contributed by atoms with E-state index in [0.717, 1.165) is 22.3 Å². The van der Waals surface area contributed by atoms with E-state index in [2.05, 4.69) is 0 Å². The normalized spacial score (nSPS) is 33.5. The first-order chi connectivity index (χ1) is 11.1.